The Kier molecular flexibility index (Phi) is 6.80. The van der Waals surface area contributed by atoms with Crippen molar-refractivity contribution in [3.8, 4) is 0 Å². The zero-order valence-corrected chi connectivity index (χ0v) is 19.4. The molecule has 0 saturated carbocycles. The molecule has 2 aliphatic heterocycles. The average molecular weight is 437 g/mol. The number of carbonyl (C=O) groups excluding carboxylic acids is 2. The van der Waals surface area contributed by atoms with Crippen molar-refractivity contribution < 1.29 is 19.1 Å². The number of hydrogen-bond acceptors (Lipinski definition) is 5. The van der Waals surface area contributed by atoms with Crippen LogP contribution < -0.4 is 0 Å². The largest absolute Gasteiger partial charge is 0.444 e. The fraction of sp³-hybridized carbons (Fsp3) is 0.652. The van der Waals surface area contributed by atoms with Crippen LogP contribution in [0.4, 0.5) is 4.79 Å². The molecule has 6 nitrogen and oxygen atoms in total. The van der Waals surface area contributed by atoms with Crippen molar-refractivity contribution in [1.29, 1.82) is 0 Å². The number of rotatable bonds is 4. The lowest BCUT2D eigenvalue weighted by Crippen LogP contribution is -2.53. The van der Waals surface area contributed by atoms with E-state index in [0.29, 0.717) is 18.2 Å². The number of benzene rings is 1. The van der Waals surface area contributed by atoms with Crippen molar-refractivity contribution in [2.45, 2.75) is 64.8 Å². The fourth-order valence-electron chi connectivity index (χ4n) is 4.22. The Labute approximate surface area is 184 Å². The van der Waals surface area contributed by atoms with E-state index in [-0.39, 0.29) is 23.8 Å². The third-order valence-electron chi connectivity index (χ3n) is 5.72. The highest BCUT2D eigenvalue weighted by Gasteiger charge is 2.46. The molecule has 0 aliphatic carbocycles. The van der Waals surface area contributed by atoms with Gasteiger partial charge < -0.3 is 14.4 Å². The molecule has 3 rings (SSSR count). The van der Waals surface area contributed by atoms with Gasteiger partial charge in [-0.2, -0.15) is 0 Å². The second-order valence-corrected chi connectivity index (χ2v) is 10.1. The second kappa shape index (κ2) is 8.85. The molecule has 166 valence electrons. The summed E-state index contributed by atoms with van der Waals surface area (Å²) >= 11 is 5.93. The minimum Gasteiger partial charge on any atom is -0.444 e. The number of amides is 1. The molecule has 0 N–H and O–H groups in total. The molecular formula is C23H33ClN2O4. The zero-order valence-electron chi connectivity index (χ0n) is 18.6. The van der Waals surface area contributed by atoms with Gasteiger partial charge in [0.1, 0.15) is 11.3 Å². The van der Waals surface area contributed by atoms with Gasteiger partial charge in [0.25, 0.3) is 0 Å². The van der Waals surface area contributed by atoms with E-state index in [1.807, 2.05) is 34.6 Å². The summed E-state index contributed by atoms with van der Waals surface area (Å²) < 4.78 is 11.5. The summed E-state index contributed by atoms with van der Waals surface area (Å²) in [6.07, 6.45) is 1.28. The van der Waals surface area contributed by atoms with Gasteiger partial charge in [0.05, 0.1) is 12.6 Å². The minimum atomic E-state index is -0.699. The van der Waals surface area contributed by atoms with Crippen LogP contribution in [0.1, 0.15) is 57.8 Å². The average Bonchev–Trinajstić information content (AvgIpc) is 2.95. The third kappa shape index (κ3) is 5.54. The van der Waals surface area contributed by atoms with E-state index >= 15 is 0 Å². The van der Waals surface area contributed by atoms with E-state index in [0.717, 1.165) is 31.5 Å². The van der Waals surface area contributed by atoms with Gasteiger partial charge in [-0.3, -0.25) is 9.69 Å². The second-order valence-electron chi connectivity index (χ2n) is 9.71. The number of Topliss-reactive ketones (excluding diaryl/α,β-unsaturated/α-hetero) is 1. The monoisotopic (exact) mass is 436 g/mol. The van der Waals surface area contributed by atoms with Gasteiger partial charge >= 0.3 is 6.09 Å². The molecule has 30 heavy (non-hydrogen) atoms. The van der Waals surface area contributed by atoms with E-state index in [2.05, 4.69) is 4.90 Å². The Bertz CT molecular complexity index is 764. The molecule has 1 amide bonds. The van der Waals surface area contributed by atoms with Crippen LogP contribution in [0, 0.1) is 5.92 Å². The molecule has 1 atom stereocenters. The van der Waals surface area contributed by atoms with E-state index in [1.165, 1.54) is 0 Å². The summed E-state index contributed by atoms with van der Waals surface area (Å²) in [4.78, 5) is 29.6. The molecule has 2 heterocycles. The lowest BCUT2D eigenvalue weighted by atomic mass is 9.89. The summed E-state index contributed by atoms with van der Waals surface area (Å²) in [5.41, 5.74) is -0.531. The first-order chi connectivity index (χ1) is 14.0. The van der Waals surface area contributed by atoms with Crippen molar-refractivity contribution in [1.82, 2.24) is 9.80 Å². The molecule has 2 aliphatic rings. The maximum Gasteiger partial charge on any atom is 0.412 e. The molecule has 2 saturated heterocycles. The van der Waals surface area contributed by atoms with Crippen LogP contribution in [0.5, 0.6) is 0 Å². The number of likely N-dealkylation sites (tertiary alicyclic amines) is 1. The van der Waals surface area contributed by atoms with Crippen LogP contribution >= 0.6 is 11.6 Å². The van der Waals surface area contributed by atoms with Crippen LogP contribution in [0.3, 0.4) is 0 Å². The van der Waals surface area contributed by atoms with Crippen molar-refractivity contribution >= 4 is 23.5 Å². The Hall–Kier alpha value is -1.63. The number of hydrogen-bond donors (Lipinski definition) is 0. The lowest BCUT2D eigenvalue weighted by molar-refractivity contribution is -0.0635. The van der Waals surface area contributed by atoms with Crippen molar-refractivity contribution in [2.24, 2.45) is 5.92 Å². The molecular weight excluding hydrogens is 404 g/mol. The summed E-state index contributed by atoms with van der Waals surface area (Å²) in [6, 6.07) is 7.05. The first-order valence-electron chi connectivity index (χ1n) is 10.6. The number of ether oxygens (including phenoxy) is 2. The predicted molar refractivity (Wildman–Crippen MR) is 117 cm³/mol. The van der Waals surface area contributed by atoms with Crippen LogP contribution in [0.2, 0.25) is 5.02 Å². The summed E-state index contributed by atoms with van der Waals surface area (Å²) in [6.45, 7) is 12.2. The van der Waals surface area contributed by atoms with Crippen LogP contribution in [-0.4, -0.2) is 65.3 Å². The normalized spacial score (nSPS) is 22.9. The molecule has 1 aromatic carbocycles. The predicted octanol–water partition coefficient (Wildman–Crippen LogP) is 4.61. The van der Waals surface area contributed by atoms with E-state index in [1.54, 1.807) is 29.2 Å². The van der Waals surface area contributed by atoms with Gasteiger partial charge in [0.2, 0.25) is 0 Å². The van der Waals surface area contributed by atoms with Crippen molar-refractivity contribution in [2.75, 3.05) is 26.2 Å². The lowest BCUT2D eigenvalue weighted by Gasteiger charge is -2.38. The Morgan fingerprint density at radius 2 is 1.77 bits per heavy atom. The third-order valence-corrected chi connectivity index (χ3v) is 5.97. The topological polar surface area (TPSA) is 59.1 Å². The summed E-state index contributed by atoms with van der Waals surface area (Å²) in [5.74, 6) is 0.215. The van der Waals surface area contributed by atoms with Gasteiger partial charge in [0.15, 0.2) is 5.78 Å². The van der Waals surface area contributed by atoms with Gasteiger partial charge in [-0.1, -0.05) is 11.6 Å². The highest BCUT2D eigenvalue weighted by atomic mass is 35.5. The molecule has 0 radical (unpaired) electrons. The van der Waals surface area contributed by atoms with Gasteiger partial charge in [-0.05, 0) is 84.8 Å². The SMILES string of the molecule is CC(C)(C)OC(=O)N1C(CN2CCC(C(=O)c3ccc(Cl)cc3)CC2)COC1(C)C. The Morgan fingerprint density at radius 3 is 2.33 bits per heavy atom. The molecule has 7 heteroatoms. The smallest absolute Gasteiger partial charge is 0.412 e. The molecule has 0 bridgehead atoms. The van der Waals surface area contributed by atoms with Crippen LogP contribution in [0.25, 0.3) is 0 Å². The minimum absolute atomic E-state index is 0.0284. The van der Waals surface area contributed by atoms with E-state index in [9.17, 15) is 9.59 Å². The number of halogens is 1. The highest BCUT2D eigenvalue weighted by Crippen LogP contribution is 2.31. The Balaban J connectivity index is 1.57. The Morgan fingerprint density at radius 1 is 1.17 bits per heavy atom. The maximum atomic E-state index is 12.8. The van der Waals surface area contributed by atoms with Gasteiger partial charge in [-0.15, -0.1) is 0 Å². The van der Waals surface area contributed by atoms with Crippen LogP contribution in [-0.2, 0) is 9.47 Å². The van der Waals surface area contributed by atoms with Crippen molar-refractivity contribution in [3.63, 3.8) is 0 Å². The van der Waals surface area contributed by atoms with Crippen LogP contribution in [0.15, 0.2) is 24.3 Å². The van der Waals surface area contributed by atoms with Gasteiger partial charge in [-0.25, -0.2) is 4.79 Å². The number of ketones is 1. The fourth-order valence-corrected chi connectivity index (χ4v) is 4.35. The standard InChI is InChI=1S/C23H33ClN2O4/c1-22(2,3)30-21(28)26-19(15-29-23(26,4)5)14-25-12-10-17(11-13-25)20(27)16-6-8-18(24)9-7-16/h6-9,17,19H,10-15H2,1-5H3. The quantitative estimate of drug-likeness (QED) is 0.645. The maximum absolute atomic E-state index is 12.8. The molecule has 1 unspecified atom stereocenters. The van der Waals surface area contributed by atoms with Crippen molar-refractivity contribution in [3.05, 3.63) is 34.9 Å². The first kappa shape index (κ1) is 23.0. The molecule has 2 fully saturated rings. The highest BCUT2D eigenvalue weighted by molar-refractivity contribution is 6.30. The summed E-state index contributed by atoms with van der Waals surface area (Å²) in [5, 5.41) is 0.637. The molecule has 0 aromatic heterocycles. The number of piperidine rings is 1. The zero-order chi connectivity index (χ0) is 22.1. The molecule has 0 spiro atoms. The van der Waals surface area contributed by atoms with E-state index < -0.39 is 11.3 Å². The summed E-state index contributed by atoms with van der Waals surface area (Å²) in [7, 11) is 0. The number of carbonyl (C=O) groups is 2. The first-order valence-corrected chi connectivity index (χ1v) is 11.0. The molecule has 1 aromatic rings. The number of nitrogens with zero attached hydrogens (tertiary/aromatic N) is 2. The van der Waals surface area contributed by atoms with Gasteiger partial charge in [0, 0.05) is 23.0 Å². The van der Waals surface area contributed by atoms with E-state index in [4.69, 9.17) is 21.1 Å².